The largest absolute Gasteiger partial charge is 0.506 e. The molecule has 4 atom stereocenters. The predicted octanol–water partition coefficient (Wildman–Crippen LogP) is -1.90. The molecule has 1 aliphatic heterocycles. The number of nitrogens with zero attached hydrogens (tertiary/aromatic N) is 1. The number of H-pyrrole nitrogens is 1. The fourth-order valence-corrected chi connectivity index (χ4v) is 5.04. The quantitative estimate of drug-likeness (QED) is 0.143. The molecule has 18 nitrogen and oxygen atoms in total. The minimum absolute atomic E-state index is 0.0772. The molecule has 0 fully saturated rings. The van der Waals surface area contributed by atoms with Crippen molar-refractivity contribution in [3.05, 3.63) is 38.4 Å². The molecule has 1 aliphatic rings. The molecule has 170 valence electrons. The number of hydrogen-bond acceptors (Lipinski definition) is 12. The first-order valence-corrected chi connectivity index (χ1v) is 11.7. The summed E-state index contributed by atoms with van der Waals surface area (Å²) in [6.07, 6.45) is -3.17. The van der Waals surface area contributed by atoms with Gasteiger partial charge in [-0.2, -0.15) is 8.62 Å². The van der Waals surface area contributed by atoms with Crippen molar-refractivity contribution in [2.75, 3.05) is 6.61 Å². The minimum atomic E-state index is -5.77. The van der Waals surface area contributed by atoms with Gasteiger partial charge in [0.1, 0.15) is 5.56 Å². The highest BCUT2D eigenvalue weighted by Crippen LogP contribution is 2.66. The molecule has 1 aromatic heterocycles. The van der Waals surface area contributed by atoms with Crippen molar-refractivity contribution in [3.63, 3.8) is 0 Å². The van der Waals surface area contributed by atoms with Gasteiger partial charge in [-0.1, -0.05) is 0 Å². The zero-order valence-electron chi connectivity index (χ0n) is 14.0. The van der Waals surface area contributed by atoms with Gasteiger partial charge in [0.2, 0.25) is 0 Å². The molecule has 0 saturated carbocycles. The number of aromatic amines is 1. The number of ether oxygens (including phenoxy) is 1. The molecule has 1 aromatic rings. The van der Waals surface area contributed by atoms with Crippen LogP contribution in [0.3, 0.4) is 0 Å². The first-order valence-electron chi connectivity index (χ1n) is 7.13. The van der Waals surface area contributed by atoms with Crippen molar-refractivity contribution in [2.24, 2.45) is 0 Å². The van der Waals surface area contributed by atoms with Crippen LogP contribution < -0.4 is 11.2 Å². The molecule has 2 heterocycles. The van der Waals surface area contributed by atoms with Crippen molar-refractivity contribution >= 4 is 29.2 Å². The van der Waals surface area contributed by atoms with Gasteiger partial charge in [0.05, 0.1) is 12.8 Å². The molecule has 30 heavy (non-hydrogen) atoms. The van der Waals surface area contributed by atoms with Gasteiger partial charge >= 0.3 is 29.2 Å². The molecule has 0 aromatic carbocycles. The topological polar surface area (TPSA) is 285 Å². The summed E-state index contributed by atoms with van der Waals surface area (Å²) in [5, 5.41) is 29.1. The average molecular weight is 498 g/mol. The first kappa shape index (κ1) is 24.5. The van der Waals surface area contributed by atoms with Crippen molar-refractivity contribution < 1.29 is 66.6 Å². The van der Waals surface area contributed by atoms with Crippen LogP contribution in [0.2, 0.25) is 0 Å². The number of aliphatic hydroxyl groups is 2. The number of aromatic nitrogens is 2. The Balaban J connectivity index is 2.12. The second-order valence-electron chi connectivity index (χ2n) is 5.35. The molecule has 0 amide bonds. The van der Waals surface area contributed by atoms with Gasteiger partial charge in [-0.15, -0.1) is 4.73 Å². The summed E-state index contributed by atoms with van der Waals surface area (Å²) in [6.45, 7) is -1.14. The Kier molecular flexibility index (Phi) is 6.83. The van der Waals surface area contributed by atoms with Crippen LogP contribution in [0, 0.1) is 0 Å². The monoisotopic (exact) mass is 498 g/mol. The highest BCUT2D eigenvalue weighted by molar-refractivity contribution is 7.66. The third-order valence-corrected chi connectivity index (χ3v) is 6.92. The Bertz CT molecular complexity index is 1110. The highest BCUT2D eigenvalue weighted by Gasteiger charge is 2.43. The van der Waals surface area contributed by atoms with Crippen LogP contribution in [0.1, 0.15) is 5.56 Å². The summed E-state index contributed by atoms with van der Waals surface area (Å²) in [6, 6.07) is 0. The summed E-state index contributed by atoms with van der Waals surface area (Å²) in [5.74, 6) is -1.74. The maximum atomic E-state index is 11.8. The van der Waals surface area contributed by atoms with E-state index < -0.39 is 70.6 Å². The smallest absolute Gasteiger partial charge is 0.490 e. The van der Waals surface area contributed by atoms with E-state index in [1.54, 1.807) is 4.98 Å². The van der Waals surface area contributed by atoms with Gasteiger partial charge in [-0.3, -0.25) is 14.3 Å². The number of aliphatic hydroxyl groups excluding tert-OH is 2. The van der Waals surface area contributed by atoms with Crippen molar-refractivity contribution in [1.29, 1.82) is 0 Å². The molecule has 0 saturated heterocycles. The second-order valence-corrected chi connectivity index (χ2v) is 9.77. The molecule has 0 bridgehead atoms. The van der Waals surface area contributed by atoms with Crippen LogP contribution in [-0.4, -0.2) is 63.5 Å². The number of hydrogen-bond donors (Lipinski definition) is 8. The maximum Gasteiger partial charge on any atom is 0.490 e. The van der Waals surface area contributed by atoms with Gasteiger partial charge in [0.15, 0.2) is 23.7 Å². The second kappa shape index (κ2) is 8.37. The highest BCUT2D eigenvalue weighted by atomic mass is 31.3. The van der Waals surface area contributed by atoms with E-state index in [1.807, 2.05) is 0 Å². The number of phosphoric acid groups is 3. The fourth-order valence-electron chi connectivity index (χ4n) is 2.01. The zero-order valence-corrected chi connectivity index (χ0v) is 16.7. The lowest BCUT2D eigenvalue weighted by Gasteiger charge is -2.19. The van der Waals surface area contributed by atoms with E-state index in [1.165, 1.54) is 0 Å². The van der Waals surface area contributed by atoms with Crippen LogP contribution in [0.15, 0.2) is 21.5 Å². The Morgan fingerprint density at radius 1 is 1.10 bits per heavy atom. The molecular formula is C9H13N2O16P3. The van der Waals surface area contributed by atoms with E-state index in [0.717, 1.165) is 0 Å². The first-order chi connectivity index (χ1) is 13.5. The normalized spacial score (nSPS) is 23.6. The number of nitrogens with one attached hydrogen (secondary N) is 1. The van der Waals surface area contributed by atoms with Gasteiger partial charge in [-0.05, 0) is 0 Å². The standard InChI is InChI=1S/C9H13N2O16P3/c12-5-4(2-24-29(20,21)27-30(22,23)26-28(17,18)19)25-7(6(5)13)3-1-11(16)9(15)10-8(3)14/h1,4-5,12-13,16H,2H2,(H,20,21)(H,22,23)(H,10,14,15)(H2,17,18,19). The summed E-state index contributed by atoms with van der Waals surface area (Å²) in [7, 11) is -16.9. The lowest BCUT2D eigenvalue weighted by atomic mass is 10.2. The van der Waals surface area contributed by atoms with Crippen molar-refractivity contribution in [3.8, 4) is 0 Å². The Labute approximate surface area is 163 Å². The van der Waals surface area contributed by atoms with E-state index in [-0.39, 0.29) is 4.73 Å². The number of rotatable bonds is 8. The van der Waals surface area contributed by atoms with E-state index >= 15 is 0 Å². The molecule has 8 N–H and O–H groups in total. The van der Waals surface area contributed by atoms with Gasteiger partial charge in [0.25, 0.3) is 5.56 Å². The van der Waals surface area contributed by atoms with Crippen LogP contribution >= 0.6 is 23.5 Å². The van der Waals surface area contributed by atoms with Crippen molar-refractivity contribution in [1.82, 2.24) is 9.71 Å². The molecule has 2 rings (SSSR count). The zero-order chi connectivity index (χ0) is 23.1. The Morgan fingerprint density at radius 3 is 2.27 bits per heavy atom. The van der Waals surface area contributed by atoms with Crippen LogP contribution in [-0.2, 0) is 31.6 Å². The SMILES string of the molecule is O=c1[nH]c(=O)n(O)cc1C1=C(O)C(O)C(COP(=O)(O)OP(=O)(O)OP(=O)(O)O)O1. The van der Waals surface area contributed by atoms with Crippen LogP contribution in [0.5, 0.6) is 0 Å². The van der Waals surface area contributed by atoms with Gasteiger partial charge < -0.3 is 39.7 Å². The van der Waals surface area contributed by atoms with Crippen LogP contribution in [0.4, 0.5) is 0 Å². The fraction of sp³-hybridized carbons (Fsp3) is 0.333. The Morgan fingerprint density at radius 2 is 1.70 bits per heavy atom. The summed E-state index contributed by atoms with van der Waals surface area (Å²) < 4.78 is 49.5. The van der Waals surface area contributed by atoms with E-state index in [2.05, 4.69) is 13.1 Å². The molecule has 21 heteroatoms. The average Bonchev–Trinajstić information content (AvgIpc) is 2.81. The van der Waals surface area contributed by atoms with E-state index in [9.17, 15) is 43.6 Å². The maximum absolute atomic E-state index is 11.8. The lowest BCUT2D eigenvalue weighted by molar-refractivity contribution is 0.0152. The molecular weight excluding hydrogens is 485 g/mol. The minimum Gasteiger partial charge on any atom is -0.506 e. The molecule has 0 spiro atoms. The molecule has 0 radical (unpaired) electrons. The molecule has 4 unspecified atom stereocenters. The summed E-state index contributed by atoms with van der Waals surface area (Å²) in [4.78, 5) is 59.8. The number of phosphoric ester groups is 1. The third kappa shape index (κ3) is 6.10. The van der Waals surface area contributed by atoms with Crippen LogP contribution in [0.25, 0.3) is 5.76 Å². The predicted molar refractivity (Wildman–Crippen MR) is 88.8 cm³/mol. The lowest BCUT2D eigenvalue weighted by Crippen LogP contribution is -2.31. The molecule has 0 aliphatic carbocycles. The summed E-state index contributed by atoms with van der Waals surface area (Å²) in [5.41, 5.74) is -3.01. The van der Waals surface area contributed by atoms with Gasteiger partial charge in [-0.25, -0.2) is 18.5 Å². The van der Waals surface area contributed by atoms with Gasteiger partial charge in [0, 0.05) is 0 Å². The van der Waals surface area contributed by atoms with Crippen molar-refractivity contribution in [2.45, 2.75) is 12.2 Å². The van der Waals surface area contributed by atoms with E-state index in [4.69, 9.17) is 19.4 Å². The summed E-state index contributed by atoms with van der Waals surface area (Å²) >= 11 is 0. The van der Waals surface area contributed by atoms with E-state index in [0.29, 0.717) is 6.20 Å². The Hall–Kier alpha value is -1.81. The third-order valence-electron chi connectivity index (χ3n) is 3.12.